The van der Waals surface area contributed by atoms with E-state index in [9.17, 15) is 0 Å². The van der Waals surface area contributed by atoms with Gasteiger partial charge < -0.3 is 5.32 Å². The Morgan fingerprint density at radius 2 is 1.89 bits per heavy atom. The summed E-state index contributed by atoms with van der Waals surface area (Å²) in [7, 11) is 0. The molecule has 19 heavy (non-hydrogen) atoms. The van der Waals surface area contributed by atoms with Crippen LogP contribution in [-0.4, -0.2) is 9.97 Å². The molecule has 0 saturated carbocycles. The summed E-state index contributed by atoms with van der Waals surface area (Å²) in [5.74, 6) is 0. The van der Waals surface area contributed by atoms with Crippen molar-refractivity contribution in [3.63, 3.8) is 0 Å². The molecule has 0 radical (unpaired) electrons. The number of nitrogens with one attached hydrogen (secondary N) is 1. The van der Waals surface area contributed by atoms with Crippen LogP contribution < -0.4 is 5.32 Å². The van der Waals surface area contributed by atoms with Crippen molar-refractivity contribution >= 4 is 23.2 Å². The molecule has 2 rings (SSSR count). The Balaban J connectivity index is 2.10. The molecule has 3 nitrogen and oxygen atoms in total. The monoisotopic (exact) mass is 295 g/mol. The summed E-state index contributed by atoms with van der Waals surface area (Å²) in [5.41, 5.74) is 1.92. The van der Waals surface area contributed by atoms with E-state index in [4.69, 9.17) is 23.2 Å². The highest BCUT2D eigenvalue weighted by Gasteiger charge is 2.14. The Morgan fingerprint density at radius 3 is 2.53 bits per heavy atom. The first-order valence-electron chi connectivity index (χ1n) is 6.05. The van der Waals surface area contributed by atoms with Gasteiger partial charge >= 0.3 is 0 Å². The molecule has 1 heterocycles. The van der Waals surface area contributed by atoms with Crippen LogP contribution in [0.2, 0.25) is 10.0 Å². The fraction of sp³-hybridized carbons (Fsp3) is 0.286. The molecule has 1 N–H and O–H groups in total. The summed E-state index contributed by atoms with van der Waals surface area (Å²) in [4.78, 5) is 8.35. The Hall–Kier alpha value is -1.16. The molecule has 1 aromatic heterocycles. The van der Waals surface area contributed by atoms with Crippen LogP contribution in [0.5, 0.6) is 0 Å². The van der Waals surface area contributed by atoms with Gasteiger partial charge in [-0.2, -0.15) is 0 Å². The molecule has 0 saturated heterocycles. The molecular formula is C14H15Cl2N3. The van der Waals surface area contributed by atoms with E-state index in [1.807, 2.05) is 19.1 Å². The van der Waals surface area contributed by atoms with Gasteiger partial charge in [0.1, 0.15) is 0 Å². The lowest BCUT2D eigenvalue weighted by Crippen LogP contribution is -2.23. The smallest absolute Gasteiger partial charge is 0.0753 e. The van der Waals surface area contributed by atoms with Crippen LogP contribution in [0, 0.1) is 0 Å². The Kier molecular flexibility index (Phi) is 4.75. The molecule has 0 aliphatic heterocycles. The summed E-state index contributed by atoms with van der Waals surface area (Å²) >= 11 is 12.1. The van der Waals surface area contributed by atoms with Gasteiger partial charge in [-0.05, 0) is 31.5 Å². The van der Waals surface area contributed by atoms with Gasteiger partial charge in [0.2, 0.25) is 0 Å². The maximum absolute atomic E-state index is 6.20. The van der Waals surface area contributed by atoms with Crippen molar-refractivity contribution < 1.29 is 0 Å². The highest BCUT2D eigenvalue weighted by atomic mass is 35.5. The molecule has 0 amide bonds. The lowest BCUT2D eigenvalue weighted by atomic mass is 10.1. The first-order chi connectivity index (χ1) is 9.08. The predicted octanol–water partition coefficient (Wildman–Crippen LogP) is 4.20. The summed E-state index contributed by atoms with van der Waals surface area (Å²) in [6, 6.07) is 5.72. The first-order valence-corrected chi connectivity index (χ1v) is 6.80. The summed E-state index contributed by atoms with van der Waals surface area (Å²) < 4.78 is 0. The summed E-state index contributed by atoms with van der Waals surface area (Å²) in [6.45, 7) is 4.10. The van der Waals surface area contributed by atoms with Crippen molar-refractivity contribution in [3.05, 3.63) is 58.1 Å². The molecule has 0 bridgehead atoms. The summed E-state index contributed by atoms with van der Waals surface area (Å²) in [6.07, 6.45) is 5.11. The van der Waals surface area contributed by atoms with Crippen molar-refractivity contribution in [2.75, 3.05) is 0 Å². The first kappa shape index (κ1) is 14.3. The third kappa shape index (κ3) is 3.66. The second-order valence-corrected chi connectivity index (χ2v) is 5.25. The molecule has 0 aliphatic rings. The number of benzene rings is 1. The average Bonchev–Trinajstić information content (AvgIpc) is 2.39. The standard InChI is InChI=1S/C14H15Cl2N3/c1-9(12-4-3-11(15)7-13(12)16)19-10(2)14-8-17-5-6-18-14/h3-10,19H,1-2H3. The number of hydrogen-bond acceptors (Lipinski definition) is 3. The molecule has 0 fully saturated rings. The van der Waals surface area contributed by atoms with Crippen molar-refractivity contribution in [3.8, 4) is 0 Å². The third-order valence-electron chi connectivity index (χ3n) is 2.96. The third-order valence-corrected chi connectivity index (χ3v) is 3.52. The SMILES string of the molecule is CC(NC(C)c1ccc(Cl)cc1Cl)c1cnccn1. The second-order valence-electron chi connectivity index (χ2n) is 4.41. The number of rotatable bonds is 4. The molecule has 100 valence electrons. The maximum Gasteiger partial charge on any atom is 0.0753 e. The minimum absolute atomic E-state index is 0.0930. The molecule has 5 heteroatoms. The van der Waals surface area contributed by atoms with Gasteiger partial charge in [-0.15, -0.1) is 0 Å². The molecular weight excluding hydrogens is 281 g/mol. The van der Waals surface area contributed by atoms with Gasteiger partial charge in [-0.3, -0.25) is 9.97 Å². The normalized spacial score (nSPS) is 14.1. The fourth-order valence-electron chi connectivity index (χ4n) is 1.94. The highest BCUT2D eigenvalue weighted by Crippen LogP contribution is 2.27. The second kappa shape index (κ2) is 6.33. The van der Waals surface area contributed by atoms with Crippen molar-refractivity contribution in [1.29, 1.82) is 0 Å². The van der Waals surface area contributed by atoms with E-state index >= 15 is 0 Å². The molecule has 2 unspecified atom stereocenters. The van der Waals surface area contributed by atoms with Gasteiger partial charge in [0, 0.05) is 40.7 Å². The van der Waals surface area contributed by atoms with E-state index in [1.165, 1.54) is 0 Å². The van der Waals surface area contributed by atoms with E-state index in [-0.39, 0.29) is 12.1 Å². The average molecular weight is 296 g/mol. The lowest BCUT2D eigenvalue weighted by molar-refractivity contribution is 0.485. The topological polar surface area (TPSA) is 37.8 Å². The van der Waals surface area contributed by atoms with E-state index in [2.05, 4.69) is 22.2 Å². The number of halogens is 2. The van der Waals surface area contributed by atoms with Crippen molar-refractivity contribution in [2.24, 2.45) is 0 Å². The van der Waals surface area contributed by atoms with Crippen LogP contribution in [0.15, 0.2) is 36.8 Å². The zero-order valence-corrected chi connectivity index (χ0v) is 12.3. The van der Waals surface area contributed by atoms with Gasteiger partial charge in [-0.25, -0.2) is 0 Å². The Bertz CT molecular complexity index is 546. The largest absolute Gasteiger partial charge is 0.302 e. The van der Waals surface area contributed by atoms with Crippen LogP contribution in [-0.2, 0) is 0 Å². The molecule has 1 aromatic carbocycles. The van der Waals surface area contributed by atoms with Gasteiger partial charge in [0.25, 0.3) is 0 Å². The van der Waals surface area contributed by atoms with Crippen LogP contribution >= 0.6 is 23.2 Å². The van der Waals surface area contributed by atoms with Crippen LogP contribution in [0.3, 0.4) is 0 Å². The Labute approximate surface area is 123 Å². The van der Waals surface area contributed by atoms with Crippen LogP contribution in [0.25, 0.3) is 0 Å². The maximum atomic E-state index is 6.20. The zero-order valence-electron chi connectivity index (χ0n) is 10.8. The van der Waals surface area contributed by atoms with Gasteiger partial charge in [0.05, 0.1) is 5.69 Å². The highest BCUT2D eigenvalue weighted by molar-refractivity contribution is 6.35. The predicted molar refractivity (Wildman–Crippen MR) is 78.5 cm³/mol. The summed E-state index contributed by atoms with van der Waals surface area (Å²) in [5, 5.41) is 4.75. The van der Waals surface area contributed by atoms with Crippen LogP contribution in [0.1, 0.15) is 37.2 Å². The fourth-order valence-corrected chi connectivity index (χ4v) is 2.51. The van der Waals surface area contributed by atoms with Crippen molar-refractivity contribution in [2.45, 2.75) is 25.9 Å². The van der Waals surface area contributed by atoms with Gasteiger partial charge in [-0.1, -0.05) is 29.3 Å². The molecule has 2 aromatic rings. The minimum atomic E-state index is 0.0930. The van der Waals surface area contributed by atoms with Crippen LogP contribution in [0.4, 0.5) is 0 Å². The molecule has 2 atom stereocenters. The number of hydrogen-bond donors (Lipinski definition) is 1. The zero-order chi connectivity index (χ0) is 13.8. The van der Waals surface area contributed by atoms with E-state index in [0.29, 0.717) is 10.0 Å². The molecule has 0 aliphatic carbocycles. The van der Waals surface area contributed by atoms with E-state index in [0.717, 1.165) is 11.3 Å². The van der Waals surface area contributed by atoms with Gasteiger partial charge in [0.15, 0.2) is 0 Å². The quantitative estimate of drug-likeness (QED) is 0.919. The lowest BCUT2D eigenvalue weighted by Gasteiger charge is -2.20. The minimum Gasteiger partial charge on any atom is -0.302 e. The van der Waals surface area contributed by atoms with E-state index < -0.39 is 0 Å². The van der Waals surface area contributed by atoms with E-state index in [1.54, 1.807) is 24.7 Å². The number of aromatic nitrogens is 2. The van der Waals surface area contributed by atoms with Crippen molar-refractivity contribution in [1.82, 2.24) is 15.3 Å². The Morgan fingerprint density at radius 1 is 1.11 bits per heavy atom. The number of nitrogens with zero attached hydrogens (tertiary/aromatic N) is 2. The molecule has 0 spiro atoms.